The Labute approximate surface area is 142 Å². The third-order valence-electron chi connectivity index (χ3n) is 5.96. The van der Waals surface area contributed by atoms with Crippen molar-refractivity contribution >= 4 is 22.2 Å². The summed E-state index contributed by atoms with van der Waals surface area (Å²) in [6, 6.07) is 0. The molecule has 2 unspecified atom stereocenters. The lowest BCUT2D eigenvalue weighted by Gasteiger charge is -2.24. The van der Waals surface area contributed by atoms with E-state index in [1.165, 1.54) is 103 Å². The van der Waals surface area contributed by atoms with Crippen molar-refractivity contribution in [3.05, 3.63) is 0 Å². The van der Waals surface area contributed by atoms with Crippen LogP contribution in [0.4, 0.5) is 0 Å². The van der Waals surface area contributed by atoms with Crippen molar-refractivity contribution in [1.29, 1.82) is 0 Å². The Morgan fingerprint density at radius 3 is 1.77 bits per heavy atom. The van der Waals surface area contributed by atoms with Crippen LogP contribution in [0.1, 0.15) is 96.3 Å². The van der Waals surface area contributed by atoms with Crippen molar-refractivity contribution < 1.29 is 0 Å². The summed E-state index contributed by atoms with van der Waals surface area (Å²) in [5, 5.41) is 0. The van der Waals surface area contributed by atoms with E-state index in [1.807, 2.05) is 0 Å². The van der Waals surface area contributed by atoms with E-state index in [9.17, 15) is 0 Å². The van der Waals surface area contributed by atoms with E-state index in [-0.39, 0.29) is 0 Å². The van der Waals surface area contributed by atoms with Gasteiger partial charge in [0.15, 0.2) is 0 Å². The SMILES string of the molecule is [B]C1CCCCCCCC1C[B][B]C1CCCCCCCC1. The highest BCUT2D eigenvalue weighted by Gasteiger charge is 2.19. The molecule has 0 saturated heterocycles. The molecular formula is C19H35B3. The molecule has 0 bridgehead atoms. The summed E-state index contributed by atoms with van der Waals surface area (Å²) in [6.45, 7) is 0. The van der Waals surface area contributed by atoms with Gasteiger partial charge >= 0.3 is 0 Å². The second-order valence-electron chi connectivity index (χ2n) is 7.89. The summed E-state index contributed by atoms with van der Waals surface area (Å²) < 4.78 is 0. The molecule has 22 heavy (non-hydrogen) atoms. The van der Waals surface area contributed by atoms with Crippen LogP contribution in [0.25, 0.3) is 0 Å². The smallest absolute Gasteiger partial charge is 0.0702 e. The molecule has 2 atom stereocenters. The molecule has 2 aliphatic carbocycles. The van der Waals surface area contributed by atoms with Crippen LogP contribution in [0.3, 0.4) is 0 Å². The Morgan fingerprint density at radius 1 is 0.636 bits per heavy atom. The topological polar surface area (TPSA) is 0 Å². The van der Waals surface area contributed by atoms with Gasteiger partial charge in [0.05, 0.1) is 22.2 Å². The Morgan fingerprint density at radius 2 is 1.14 bits per heavy atom. The highest BCUT2D eigenvalue weighted by Crippen LogP contribution is 2.32. The molecule has 120 valence electrons. The first-order valence-corrected chi connectivity index (χ1v) is 10.3. The van der Waals surface area contributed by atoms with Crippen molar-refractivity contribution in [3.63, 3.8) is 0 Å². The predicted molar refractivity (Wildman–Crippen MR) is 102 cm³/mol. The van der Waals surface area contributed by atoms with E-state index in [2.05, 4.69) is 14.3 Å². The maximum absolute atomic E-state index is 6.47. The van der Waals surface area contributed by atoms with Gasteiger partial charge in [-0.05, 0) is 0 Å². The van der Waals surface area contributed by atoms with E-state index < -0.39 is 0 Å². The van der Waals surface area contributed by atoms with E-state index in [0.717, 1.165) is 11.7 Å². The summed E-state index contributed by atoms with van der Waals surface area (Å²) >= 11 is 0. The van der Waals surface area contributed by atoms with Crippen LogP contribution in [0.5, 0.6) is 0 Å². The van der Waals surface area contributed by atoms with Gasteiger partial charge in [0.25, 0.3) is 0 Å². The van der Waals surface area contributed by atoms with Crippen LogP contribution in [0.2, 0.25) is 18.0 Å². The van der Waals surface area contributed by atoms with Crippen LogP contribution in [0, 0.1) is 5.92 Å². The molecule has 0 heterocycles. The predicted octanol–water partition coefficient (Wildman–Crippen LogP) is 5.97. The minimum absolute atomic E-state index is 0.447. The molecule has 2 fully saturated rings. The minimum Gasteiger partial charge on any atom is -0.0863 e. The molecular weight excluding hydrogens is 261 g/mol. The van der Waals surface area contributed by atoms with Crippen molar-refractivity contribution in [2.24, 2.45) is 5.92 Å². The van der Waals surface area contributed by atoms with Gasteiger partial charge in [-0.2, -0.15) is 0 Å². The van der Waals surface area contributed by atoms with Gasteiger partial charge < -0.3 is 0 Å². The molecule has 0 amide bonds. The summed E-state index contributed by atoms with van der Waals surface area (Å²) in [6.07, 6.45) is 22.4. The van der Waals surface area contributed by atoms with Gasteiger partial charge in [0.1, 0.15) is 0 Å². The fourth-order valence-corrected chi connectivity index (χ4v) is 4.36. The first kappa shape index (κ1) is 18.5. The van der Waals surface area contributed by atoms with E-state index in [1.54, 1.807) is 0 Å². The van der Waals surface area contributed by atoms with Gasteiger partial charge in [-0.1, -0.05) is 120 Å². The van der Waals surface area contributed by atoms with E-state index in [4.69, 9.17) is 7.85 Å². The molecule has 4 radical (unpaired) electrons. The summed E-state index contributed by atoms with van der Waals surface area (Å²) in [4.78, 5) is 0. The van der Waals surface area contributed by atoms with Crippen LogP contribution >= 0.6 is 0 Å². The molecule has 3 heteroatoms. The monoisotopic (exact) mass is 296 g/mol. The molecule has 0 aromatic rings. The van der Waals surface area contributed by atoms with Crippen LogP contribution in [0.15, 0.2) is 0 Å². The number of hydrogen-bond acceptors (Lipinski definition) is 0. The van der Waals surface area contributed by atoms with Gasteiger partial charge in [-0.25, -0.2) is 0 Å². The molecule has 2 aliphatic rings. The van der Waals surface area contributed by atoms with Gasteiger partial charge in [-0.3, -0.25) is 0 Å². The lowest BCUT2D eigenvalue weighted by Crippen LogP contribution is -2.18. The third kappa shape index (κ3) is 7.65. The second-order valence-corrected chi connectivity index (χ2v) is 7.89. The van der Waals surface area contributed by atoms with Crippen molar-refractivity contribution in [2.45, 2.75) is 114 Å². The molecule has 0 aliphatic heterocycles. The normalized spacial score (nSPS) is 30.0. The molecule has 2 saturated carbocycles. The highest BCUT2D eigenvalue weighted by atomic mass is 14.2. The maximum atomic E-state index is 6.47. The first-order valence-electron chi connectivity index (χ1n) is 10.3. The average molecular weight is 296 g/mol. The molecule has 0 aromatic carbocycles. The van der Waals surface area contributed by atoms with E-state index in [0.29, 0.717) is 5.82 Å². The first-order chi connectivity index (χ1) is 10.9. The van der Waals surface area contributed by atoms with Gasteiger partial charge in [0.2, 0.25) is 0 Å². The largest absolute Gasteiger partial charge is 0.0863 e. The Kier molecular flexibility index (Phi) is 9.85. The number of hydrogen-bond donors (Lipinski definition) is 0. The highest BCUT2D eigenvalue weighted by molar-refractivity contribution is 7.01. The third-order valence-corrected chi connectivity index (χ3v) is 5.96. The summed E-state index contributed by atoms with van der Waals surface area (Å²) in [5.74, 6) is 2.04. The molecule has 0 nitrogen and oxygen atoms in total. The fraction of sp³-hybridized carbons (Fsp3) is 1.00. The van der Waals surface area contributed by atoms with Crippen LogP contribution < -0.4 is 0 Å². The van der Waals surface area contributed by atoms with Gasteiger partial charge in [-0.15, -0.1) is 0 Å². The molecule has 2 rings (SSSR count). The van der Waals surface area contributed by atoms with Crippen LogP contribution in [-0.2, 0) is 0 Å². The summed E-state index contributed by atoms with van der Waals surface area (Å²) in [7, 11) is 11.5. The molecule has 0 aromatic heterocycles. The zero-order valence-electron chi connectivity index (χ0n) is 14.8. The maximum Gasteiger partial charge on any atom is 0.0702 e. The Balaban J connectivity index is 1.67. The Bertz CT molecular complexity index is 259. The fourth-order valence-electron chi connectivity index (χ4n) is 4.36. The standard InChI is InChI=1S/C19H35B3/c20-19-15-11-7-3-4-8-12-17(19)16-21-22-18-13-9-5-1-2-6-10-14-18/h17-19H,1-16H2. The molecule has 0 N–H and O–H groups in total. The lowest BCUT2D eigenvalue weighted by molar-refractivity contribution is 0.464. The average Bonchev–Trinajstić information content (AvgIpc) is 2.71. The second kappa shape index (κ2) is 11.7. The van der Waals surface area contributed by atoms with Crippen molar-refractivity contribution in [1.82, 2.24) is 0 Å². The van der Waals surface area contributed by atoms with Crippen molar-refractivity contribution in [2.75, 3.05) is 0 Å². The minimum atomic E-state index is 0.447. The van der Waals surface area contributed by atoms with E-state index >= 15 is 0 Å². The summed E-state index contributed by atoms with van der Waals surface area (Å²) in [5.41, 5.74) is 0. The Hall–Kier alpha value is 0.195. The van der Waals surface area contributed by atoms with Gasteiger partial charge in [0, 0.05) is 0 Å². The molecule has 0 spiro atoms. The number of rotatable bonds is 4. The zero-order chi connectivity index (χ0) is 15.5. The van der Waals surface area contributed by atoms with Crippen LogP contribution in [-0.4, -0.2) is 22.2 Å². The zero-order valence-corrected chi connectivity index (χ0v) is 14.8. The lowest BCUT2D eigenvalue weighted by atomic mass is 9.30. The van der Waals surface area contributed by atoms with Crippen molar-refractivity contribution in [3.8, 4) is 0 Å². The quantitative estimate of drug-likeness (QED) is 0.561.